The van der Waals surface area contributed by atoms with Crippen LogP contribution in [-0.4, -0.2) is 19.6 Å². The highest BCUT2D eigenvalue weighted by molar-refractivity contribution is 6.35. The monoisotopic (exact) mass is 417 g/mol. The van der Waals surface area contributed by atoms with Gasteiger partial charge in [0.2, 0.25) is 0 Å². The van der Waals surface area contributed by atoms with Crippen molar-refractivity contribution in [2.45, 2.75) is 20.0 Å². The summed E-state index contributed by atoms with van der Waals surface area (Å²) in [5.74, 6) is 0.816. The molecule has 0 radical (unpaired) electrons. The topological polar surface area (TPSA) is 38.8 Å². The van der Waals surface area contributed by atoms with Crippen LogP contribution in [0.3, 0.4) is 0 Å². The van der Waals surface area contributed by atoms with Crippen LogP contribution in [0.2, 0.25) is 0 Å². The van der Waals surface area contributed by atoms with E-state index in [4.69, 9.17) is 9.47 Å². The van der Waals surface area contributed by atoms with Crippen molar-refractivity contribution in [3.63, 3.8) is 0 Å². The first-order valence-corrected chi connectivity index (χ1v) is 10.3. The molecule has 0 fully saturated rings. The van der Waals surface area contributed by atoms with Crippen molar-refractivity contribution in [1.82, 2.24) is 0 Å². The molecular weight excluding hydrogens is 393 g/mol. The molecule has 0 N–H and O–H groups in total. The third-order valence-electron chi connectivity index (χ3n) is 5.19. The van der Waals surface area contributed by atoms with Gasteiger partial charge in [0.05, 0.1) is 12.8 Å². The molecular formula is C26H24FNO3. The Balaban J connectivity index is 1.60. The van der Waals surface area contributed by atoms with E-state index in [0.717, 1.165) is 28.8 Å². The van der Waals surface area contributed by atoms with Gasteiger partial charge in [0.15, 0.2) is 11.5 Å². The minimum Gasteiger partial charge on any atom is -0.493 e. The Morgan fingerprint density at radius 2 is 1.84 bits per heavy atom. The Bertz CT molecular complexity index is 1140. The van der Waals surface area contributed by atoms with Gasteiger partial charge in [0, 0.05) is 17.7 Å². The lowest BCUT2D eigenvalue weighted by atomic mass is 10.0. The molecule has 3 aromatic carbocycles. The molecule has 0 saturated heterocycles. The highest BCUT2D eigenvalue weighted by atomic mass is 19.1. The van der Waals surface area contributed by atoms with E-state index < -0.39 is 0 Å². The zero-order valence-corrected chi connectivity index (χ0v) is 17.6. The molecule has 0 aromatic heterocycles. The normalized spacial score (nSPS) is 14.1. The zero-order valence-electron chi connectivity index (χ0n) is 17.6. The summed E-state index contributed by atoms with van der Waals surface area (Å²) in [7, 11) is 1.57. The number of halogens is 1. The number of nitrogens with zero attached hydrogens (tertiary/aromatic N) is 1. The van der Waals surface area contributed by atoms with Gasteiger partial charge in [-0.1, -0.05) is 43.3 Å². The molecule has 1 heterocycles. The number of rotatable bonds is 7. The molecule has 0 unspecified atom stereocenters. The SMILES string of the molecule is CCCN1C(=O)/C(=C\c2ccc(OCc3cccc(F)c3)c(OC)c2)c2ccccc21. The van der Waals surface area contributed by atoms with Crippen LogP contribution in [-0.2, 0) is 11.4 Å². The lowest BCUT2D eigenvalue weighted by molar-refractivity contribution is -0.113. The fraction of sp³-hybridized carbons (Fsp3) is 0.192. The Morgan fingerprint density at radius 1 is 1.00 bits per heavy atom. The van der Waals surface area contributed by atoms with Crippen molar-refractivity contribution in [1.29, 1.82) is 0 Å². The van der Waals surface area contributed by atoms with Crippen LogP contribution in [0, 0.1) is 5.82 Å². The molecule has 3 aromatic rings. The first-order valence-electron chi connectivity index (χ1n) is 10.3. The Morgan fingerprint density at radius 3 is 2.61 bits per heavy atom. The maximum absolute atomic E-state index is 13.4. The summed E-state index contributed by atoms with van der Waals surface area (Å²) in [6.45, 7) is 2.97. The van der Waals surface area contributed by atoms with Crippen LogP contribution in [0.25, 0.3) is 11.6 Å². The fourth-order valence-electron chi connectivity index (χ4n) is 3.74. The summed E-state index contributed by atoms with van der Waals surface area (Å²) in [6.07, 6.45) is 2.77. The van der Waals surface area contributed by atoms with Crippen molar-refractivity contribution in [2.24, 2.45) is 0 Å². The van der Waals surface area contributed by atoms with Gasteiger partial charge in [-0.05, 0) is 54.0 Å². The molecule has 0 spiro atoms. The predicted octanol–water partition coefficient (Wildman–Crippen LogP) is 5.71. The van der Waals surface area contributed by atoms with Crippen molar-refractivity contribution in [3.8, 4) is 11.5 Å². The largest absolute Gasteiger partial charge is 0.493 e. The molecule has 1 aliphatic heterocycles. The van der Waals surface area contributed by atoms with Gasteiger partial charge in [-0.25, -0.2) is 4.39 Å². The second-order valence-corrected chi connectivity index (χ2v) is 7.36. The van der Waals surface area contributed by atoms with Gasteiger partial charge in [-0.3, -0.25) is 4.79 Å². The number of carbonyl (C=O) groups excluding carboxylic acids is 1. The quantitative estimate of drug-likeness (QED) is 0.462. The van der Waals surface area contributed by atoms with Crippen LogP contribution in [0.1, 0.15) is 30.0 Å². The second kappa shape index (κ2) is 9.04. The van der Waals surface area contributed by atoms with E-state index in [2.05, 4.69) is 6.92 Å². The van der Waals surface area contributed by atoms with E-state index in [0.29, 0.717) is 23.6 Å². The summed E-state index contributed by atoms with van der Waals surface area (Å²) in [6, 6.07) is 19.7. The van der Waals surface area contributed by atoms with Gasteiger partial charge in [-0.15, -0.1) is 0 Å². The molecule has 1 aliphatic rings. The van der Waals surface area contributed by atoms with Gasteiger partial charge >= 0.3 is 0 Å². The number of anilines is 1. The third-order valence-corrected chi connectivity index (χ3v) is 5.19. The van der Waals surface area contributed by atoms with Crippen LogP contribution in [0.15, 0.2) is 66.7 Å². The first kappa shape index (κ1) is 20.7. The van der Waals surface area contributed by atoms with E-state index in [-0.39, 0.29) is 18.3 Å². The molecule has 5 heteroatoms. The fourth-order valence-corrected chi connectivity index (χ4v) is 3.74. The van der Waals surface area contributed by atoms with E-state index in [1.54, 1.807) is 25.3 Å². The molecule has 0 bridgehead atoms. The summed E-state index contributed by atoms with van der Waals surface area (Å²) in [5, 5.41) is 0. The highest BCUT2D eigenvalue weighted by Gasteiger charge is 2.31. The molecule has 0 aliphatic carbocycles. The predicted molar refractivity (Wildman–Crippen MR) is 121 cm³/mol. The Hall–Kier alpha value is -3.60. The Kier molecular flexibility index (Phi) is 6.03. The van der Waals surface area contributed by atoms with Gasteiger partial charge in [-0.2, -0.15) is 0 Å². The molecule has 1 amide bonds. The number of methoxy groups -OCH3 is 1. The second-order valence-electron chi connectivity index (χ2n) is 7.36. The molecule has 0 atom stereocenters. The first-order chi connectivity index (χ1) is 15.1. The smallest absolute Gasteiger partial charge is 0.258 e. The number of para-hydroxylation sites is 1. The van der Waals surface area contributed by atoms with Crippen molar-refractivity contribution >= 4 is 23.2 Å². The van der Waals surface area contributed by atoms with Gasteiger partial charge in [0.25, 0.3) is 5.91 Å². The molecule has 4 rings (SSSR count). The summed E-state index contributed by atoms with van der Waals surface area (Å²) < 4.78 is 24.7. The lowest BCUT2D eigenvalue weighted by Crippen LogP contribution is -2.26. The minimum absolute atomic E-state index is 0.00782. The number of hydrogen-bond donors (Lipinski definition) is 0. The van der Waals surface area contributed by atoms with E-state index >= 15 is 0 Å². The zero-order chi connectivity index (χ0) is 21.8. The number of fused-ring (bicyclic) bond motifs is 1. The highest BCUT2D eigenvalue weighted by Crippen LogP contribution is 2.38. The maximum Gasteiger partial charge on any atom is 0.258 e. The average Bonchev–Trinajstić information content (AvgIpc) is 3.04. The Labute approximate surface area is 181 Å². The number of benzene rings is 3. The van der Waals surface area contributed by atoms with E-state index in [9.17, 15) is 9.18 Å². The van der Waals surface area contributed by atoms with Crippen LogP contribution in [0.5, 0.6) is 11.5 Å². The van der Waals surface area contributed by atoms with Gasteiger partial charge < -0.3 is 14.4 Å². The van der Waals surface area contributed by atoms with Crippen molar-refractivity contribution in [2.75, 3.05) is 18.6 Å². The van der Waals surface area contributed by atoms with Crippen LogP contribution >= 0.6 is 0 Å². The molecule has 31 heavy (non-hydrogen) atoms. The summed E-state index contributed by atoms with van der Waals surface area (Å²) >= 11 is 0. The minimum atomic E-state index is -0.298. The van der Waals surface area contributed by atoms with Gasteiger partial charge in [0.1, 0.15) is 12.4 Å². The number of amides is 1. The molecule has 158 valence electrons. The van der Waals surface area contributed by atoms with Crippen LogP contribution in [0.4, 0.5) is 10.1 Å². The number of hydrogen-bond acceptors (Lipinski definition) is 3. The third kappa shape index (κ3) is 4.31. The van der Waals surface area contributed by atoms with Crippen molar-refractivity contribution < 1.29 is 18.7 Å². The molecule has 0 saturated carbocycles. The van der Waals surface area contributed by atoms with Crippen LogP contribution < -0.4 is 14.4 Å². The lowest BCUT2D eigenvalue weighted by Gasteiger charge is -2.15. The van der Waals surface area contributed by atoms with E-state index in [1.807, 2.05) is 47.4 Å². The summed E-state index contributed by atoms with van der Waals surface area (Å²) in [4.78, 5) is 14.9. The number of carbonyl (C=O) groups is 1. The number of ether oxygens (including phenoxy) is 2. The summed E-state index contributed by atoms with van der Waals surface area (Å²) in [5.41, 5.74) is 4.12. The standard InChI is InChI=1S/C26H24FNO3/c1-3-13-28-23-10-5-4-9-21(23)22(26(28)29)15-18-11-12-24(25(16-18)30-2)31-17-19-7-6-8-20(27)14-19/h4-12,14-16H,3,13,17H2,1-2H3/b22-15-. The van der Waals surface area contributed by atoms with E-state index in [1.165, 1.54) is 12.1 Å². The van der Waals surface area contributed by atoms with Crippen molar-refractivity contribution in [3.05, 3.63) is 89.2 Å². The average molecular weight is 417 g/mol. The molecule has 4 nitrogen and oxygen atoms in total. The maximum atomic E-state index is 13.4.